The van der Waals surface area contributed by atoms with Gasteiger partial charge in [-0.05, 0) is 30.3 Å². The second kappa shape index (κ2) is 4.61. The number of phenols is 1. The minimum atomic E-state index is 0.132. The van der Waals surface area contributed by atoms with Gasteiger partial charge in [-0.15, -0.1) is 0 Å². The Kier molecular flexibility index (Phi) is 2.80. The number of hydrogen-bond acceptors (Lipinski definition) is 3. The lowest BCUT2D eigenvalue weighted by Gasteiger charge is -2.07. The van der Waals surface area contributed by atoms with E-state index >= 15 is 0 Å². The van der Waals surface area contributed by atoms with Gasteiger partial charge < -0.3 is 9.84 Å². The van der Waals surface area contributed by atoms with Crippen LogP contribution >= 0.6 is 0 Å². The van der Waals surface area contributed by atoms with Crippen molar-refractivity contribution < 1.29 is 9.84 Å². The van der Waals surface area contributed by atoms with E-state index in [9.17, 15) is 5.11 Å². The molecule has 0 radical (unpaired) electrons. The number of methoxy groups -OCH3 is 1. The quantitative estimate of drug-likeness (QED) is 0.756. The van der Waals surface area contributed by atoms with E-state index in [1.54, 1.807) is 12.1 Å². The summed E-state index contributed by atoms with van der Waals surface area (Å²) in [6.45, 7) is 0. The van der Waals surface area contributed by atoms with E-state index < -0.39 is 0 Å². The summed E-state index contributed by atoms with van der Waals surface area (Å²) in [5.74, 6) is 0.583. The highest BCUT2D eigenvalue weighted by Crippen LogP contribution is 2.31. The number of ether oxygens (including phenoxy) is 1. The minimum absolute atomic E-state index is 0.132. The molecule has 1 heterocycles. The molecule has 3 heteroatoms. The molecule has 3 rings (SSSR count). The lowest BCUT2D eigenvalue weighted by atomic mass is 10.1. The fraction of sp³-hybridized carbons (Fsp3) is 0.0625. The monoisotopic (exact) mass is 251 g/mol. The number of nitrogens with zero attached hydrogens (tertiary/aromatic N) is 1. The van der Waals surface area contributed by atoms with Gasteiger partial charge in [0.25, 0.3) is 0 Å². The number of phenolic OH excluding ortho intramolecular Hbond substituents is 1. The van der Waals surface area contributed by atoms with Crippen molar-refractivity contribution in [2.75, 3.05) is 7.11 Å². The number of para-hydroxylation sites is 1. The largest absolute Gasteiger partial charge is 0.504 e. The molecule has 3 nitrogen and oxygen atoms in total. The Hall–Kier alpha value is -2.55. The molecule has 0 unspecified atom stereocenters. The van der Waals surface area contributed by atoms with Gasteiger partial charge in [0.1, 0.15) is 0 Å². The highest BCUT2D eigenvalue weighted by atomic mass is 16.5. The van der Waals surface area contributed by atoms with E-state index in [0.29, 0.717) is 5.75 Å². The van der Waals surface area contributed by atoms with Crippen molar-refractivity contribution in [3.05, 3.63) is 54.6 Å². The molecule has 0 aliphatic carbocycles. The van der Waals surface area contributed by atoms with Gasteiger partial charge in [0.15, 0.2) is 11.5 Å². The first-order chi connectivity index (χ1) is 9.28. The molecular weight excluding hydrogens is 238 g/mol. The first-order valence-electron chi connectivity index (χ1n) is 6.01. The average molecular weight is 251 g/mol. The molecule has 0 atom stereocenters. The van der Waals surface area contributed by atoms with Crippen LogP contribution in [0.3, 0.4) is 0 Å². The fourth-order valence-corrected chi connectivity index (χ4v) is 2.06. The summed E-state index contributed by atoms with van der Waals surface area (Å²) in [4.78, 5) is 4.61. The third-order valence-corrected chi connectivity index (χ3v) is 3.07. The summed E-state index contributed by atoms with van der Waals surface area (Å²) in [6, 6.07) is 17.2. The zero-order valence-electron chi connectivity index (χ0n) is 10.5. The molecular formula is C16H13NO2. The van der Waals surface area contributed by atoms with E-state index in [1.807, 2.05) is 42.5 Å². The molecule has 3 aromatic rings. The smallest absolute Gasteiger partial charge is 0.161 e. The summed E-state index contributed by atoms with van der Waals surface area (Å²) in [6.07, 6.45) is 0. The van der Waals surface area contributed by atoms with E-state index in [-0.39, 0.29) is 5.75 Å². The van der Waals surface area contributed by atoms with Crippen LogP contribution in [0.25, 0.3) is 22.2 Å². The van der Waals surface area contributed by atoms with Crippen molar-refractivity contribution in [3.63, 3.8) is 0 Å². The molecule has 0 amide bonds. The third-order valence-electron chi connectivity index (χ3n) is 3.07. The highest BCUT2D eigenvalue weighted by molar-refractivity contribution is 5.81. The molecule has 0 aliphatic heterocycles. The molecule has 94 valence electrons. The molecule has 0 saturated carbocycles. The van der Waals surface area contributed by atoms with Crippen LogP contribution in [-0.2, 0) is 0 Å². The number of fused-ring (bicyclic) bond motifs is 1. The molecule has 1 N–H and O–H groups in total. The van der Waals surface area contributed by atoms with Crippen LogP contribution in [0, 0.1) is 0 Å². The van der Waals surface area contributed by atoms with Crippen LogP contribution in [0.4, 0.5) is 0 Å². The van der Waals surface area contributed by atoms with Gasteiger partial charge in [0.2, 0.25) is 0 Å². The Morgan fingerprint density at radius 2 is 1.84 bits per heavy atom. The standard InChI is InChI=1S/C16H13NO2/c1-19-16-10-12(7-9-15(16)18)14-8-6-11-4-2-3-5-13(11)17-14/h2-10,18H,1H3. The SMILES string of the molecule is COc1cc(-c2ccc3ccccc3n2)ccc1O. The van der Waals surface area contributed by atoms with Crippen molar-refractivity contribution >= 4 is 10.9 Å². The highest BCUT2D eigenvalue weighted by Gasteiger charge is 2.06. The maximum atomic E-state index is 9.61. The molecule has 1 aromatic heterocycles. The van der Waals surface area contributed by atoms with Gasteiger partial charge in [-0.2, -0.15) is 0 Å². The Balaban J connectivity index is 2.13. The van der Waals surface area contributed by atoms with Crippen LogP contribution in [-0.4, -0.2) is 17.2 Å². The summed E-state index contributed by atoms with van der Waals surface area (Å²) >= 11 is 0. The molecule has 2 aromatic carbocycles. The van der Waals surface area contributed by atoms with Crippen LogP contribution in [0.15, 0.2) is 54.6 Å². The Morgan fingerprint density at radius 3 is 2.68 bits per heavy atom. The zero-order valence-corrected chi connectivity index (χ0v) is 10.5. The number of pyridine rings is 1. The average Bonchev–Trinajstić information content (AvgIpc) is 2.47. The summed E-state index contributed by atoms with van der Waals surface area (Å²) < 4.78 is 5.12. The van der Waals surface area contributed by atoms with Crippen molar-refractivity contribution in [1.29, 1.82) is 0 Å². The number of aromatic nitrogens is 1. The van der Waals surface area contributed by atoms with E-state index in [1.165, 1.54) is 7.11 Å². The van der Waals surface area contributed by atoms with Crippen molar-refractivity contribution in [1.82, 2.24) is 4.98 Å². The van der Waals surface area contributed by atoms with Crippen LogP contribution in [0.2, 0.25) is 0 Å². The van der Waals surface area contributed by atoms with Gasteiger partial charge in [-0.25, -0.2) is 4.98 Å². The first kappa shape index (κ1) is 11.5. The summed E-state index contributed by atoms with van der Waals surface area (Å²) in [5, 5.41) is 10.7. The zero-order chi connectivity index (χ0) is 13.2. The molecule has 0 saturated heterocycles. The van der Waals surface area contributed by atoms with E-state index in [4.69, 9.17) is 4.74 Å². The van der Waals surface area contributed by atoms with Crippen molar-refractivity contribution in [3.8, 4) is 22.8 Å². The Labute approximate surface area is 111 Å². The van der Waals surface area contributed by atoms with Gasteiger partial charge in [-0.1, -0.05) is 24.3 Å². The minimum Gasteiger partial charge on any atom is -0.504 e. The first-order valence-corrected chi connectivity index (χ1v) is 6.01. The summed E-state index contributed by atoms with van der Waals surface area (Å²) in [7, 11) is 1.53. The number of benzene rings is 2. The second-order valence-corrected chi connectivity index (χ2v) is 4.28. The molecule has 19 heavy (non-hydrogen) atoms. The Bertz CT molecular complexity index is 738. The molecule has 0 fully saturated rings. The normalized spacial score (nSPS) is 10.6. The number of rotatable bonds is 2. The maximum absolute atomic E-state index is 9.61. The number of hydrogen-bond donors (Lipinski definition) is 1. The lowest BCUT2D eigenvalue weighted by Crippen LogP contribution is -1.88. The summed E-state index contributed by atoms with van der Waals surface area (Å²) in [5.41, 5.74) is 2.73. The maximum Gasteiger partial charge on any atom is 0.161 e. The van der Waals surface area contributed by atoms with Crippen LogP contribution in [0.1, 0.15) is 0 Å². The molecule has 0 bridgehead atoms. The van der Waals surface area contributed by atoms with Crippen molar-refractivity contribution in [2.24, 2.45) is 0 Å². The van der Waals surface area contributed by atoms with Crippen LogP contribution in [0.5, 0.6) is 11.5 Å². The second-order valence-electron chi connectivity index (χ2n) is 4.28. The van der Waals surface area contributed by atoms with E-state index in [2.05, 4.69) is 4.98 Å². The van der Waals surface area contributed by atoms with Gasteiger partial charge in [-0.3, -0.25) is 0 Å². The van der Waals surface area contributed by atoms with Gasteiger partial charge in [0.05, 0.1) is 18.3 Å². The van der Waals surface area contributed by atoms with Crippen LogP contribution < -0.4 is 4.74 Å². The number of aromatic hydroxyl groups is 1. The molecule has 0 aliphatic rings. The fourth-order valence-electron chi connectivity index (χ4n) is 2.06. The van der Waals surface area contributed by atoms with Gasteiger partial charge >= 0.3 is 0 Å². The molecule has 0 spiro atoms. The Morgan fingerprint density at radius 1 is 1.00 bits per heavy atom. The third kappa shape index (κ3) is 2.10. The van der Waals surface area contributed by atoms with Crippen molar-refractivity contribution in [2.45, 2.75) is 0 Å². The lowest BCUT2D eigenvalue weighted by molar-refractivity contribution is 0.373. The topological polar surface area (TPSA) is 42.4 Å². The van der Waals surface area contributed by atoms with Gasteiger partial charge in [0, 0.05) is 10.9 Å². The van der Waals surface area contributed by atoms with E-state index in [0.717, 1.165) is 22.2 Å². The predicted molar refractivity (Wildman–Crippen MR) is 75.4 cm³/mol. The predicted octanol–water partition coefficient (Wildman–Crippen LogP) is 3.62.